The van der Waals surface area contributed by atoms with Crippen LogP contribution in [0.2, 0.25) is 0 Å². The summed E-state index contributed by atoms with van der Waals surface area (Å²) in [7, 11) is 0. The Morgan fingerprint density at radius 3 is 2.74 bits per heavy atom. The number of anilines is 1. The lowest BCUT2D eigenvalue weighted by Gasteiger charge is -2.28. The van der Waals surface area contributed by atoms with Crippen molar-refractivity contribution >= 4 is 32.6 Å². The van der Waals surface area contributed by atoms with Crippen LogP contribution in [0.1, 0.15) is 23.7 Å². The summed E-state index contributed by atoms with van der Waals surface area (Å²) < 4.78 is 23.4. The molecule has 34 heavy (non-hydrogen) atoms. The number of nitrogens with zero attached hydrogens (tertiary/aromatic N) is 3. The van der Waals surface area contributed by atoms with Crippen LogP contribution in [0.25, 0.3) is 10.2 Å². The van der Waals surface area contributed by atoms with Gasteiger partial charge in [-0.25, -0.2) is 4.98 Å². The lowest BCUT2D eigenvalue weighted by molar-refractivity contribution is 0.0376. The second-order valence-electron chi connectivity index (χ2n) is 8.18. The number of ether oxygens (including phenoxy) is 4. The molecule has 180 valence electrons. The molecule has 0 radical (unpaired) electrons. The molecule has 5 rings (SSSR count). The van der Waals surface area contributed by atoms with E-state index in [1.54, 1.807) is 23.1 Å². The molecule has 1 fully saturated rings. The number of carbonyl (C=O) groups excluding carboxylic acids is 1. The lowest BCUT2D eigenvalue weighted by Crippen LogP contribution is -2.39. The molecule has 0 bridgehead atoms. The first kappa shape index (κ1) is 22.9. The summed E-state index contributed by atoms with van der Waals surface area (Å²) in [6.07, 6.45) is 0.844. The highest BCUT2D eigenvalue weighted by Crippen LogP contribution is 2.34. The third kappa shape index (κ3) is 5.11. The third-order valence-electron chi connectivity index (χ3n) is 5.88. The van der Waals surface area contributed by atoms with E-state index >= 15 is 0 Å². The van der Waals surface area contributed by atoms with E-state index in [4.69, 9.17) is 23.9 Å². The highest BCUT2D eigenvalue weighted by molar-refractivity contribution is 7.22. The van der Waals surface area contributed by atoms with Gasteiger partial charge in [0.15, 0.2) is 16.6 Å². The van der Waals surface area contributed by atoms with Gasteiger partial charge in [0.2, 0.25) is 0 Å². The number of amides is 1. The van der Waals surface area contributed by atoms with Crippen molar-refractivity contribution in [2.24, 2.45) is 0 Å². The van der Waals surface area contributed by atoms with Crippen LogP contribution < -0.4 is 19.1 Å². The van der Waals surface area contributed by atoms with E-state index in [9.17, 15) is 4.79 Å². The average Bonchev–Trinajstić information content (AvgIpc) is 3.30. The number of hydrogen-bond donors (Lipinski definition) is 0. The van der Waals surface area contributed by atoms with Crippen LogP contribution in [0.15, 0.2) is 36.4 Å². The Morgan fingerprint density at radius 2 is 1.91 bits per heavy atom. The first-order valence-electron chi connectivity index (χ1n) is 11.8. The van der Waals surface area contributed by atoms with E-state index in [1.165, 1.54) is 11.3 Å². The summed E-state index contributed by atoms with van der Waals surface area (Å²) in [5.41, 5.74) is 1.42. The molecule has 3 heterocycles. The standard InChI is InChI=1S/C25H29N3O5S/c1-2-31-19-5-6-20-23(17-19)34-25(26-20)28(9-3-8-27-10-12-30-13-11-27)24(29)18-4-7-21-22(16-18)33-15-14-32-21/h4-7,16-17H,2-3,8-15H2,1H3. The van der Waals surface area contributed by atoms with Crippen molar-refractivity contribution in [3.05, 3.63) is 42.0 Å². The summed E-state index contributed by atoms with van der Waals surface area (Å²) >= 11 is 1.51. The zero-order chi connectivity index (χ0) is 23.3. The van der Waals surface area contributed by atoms with Gasteiger partial charge in [-0.1, -0.05) is 11.3 Å². The van der Waals surface area contributed by atoms with E-state index in [-0.39, 0.29) is 5.91 Å². The maximum Gasteiger partial charge on any atom is 0.260 e. The van der Waals surface area contributed by atoms with Gasteiger partial charge in [-0.2, -0.15) is 0 Å². The van der Waals surface area contributed by atoms with E-state index in [0.29, 0.717) is 48.6 Å². The van der Waals surface area contributed by atoms with E-state index in [2.05, 4.69) is 4.90 Å². The van der Waals surface area contributed by atoms with Crippen molar-refractivity contribution in [2.75, 3.05) is 64.1 Å². The fraction of sp³-hybridized carbons (Fsp3) is 0.440. The predicted molar refractivity (Wildman–Crippen MR) is 132 cm³/mol. The molecule has 0 atom stereocenters. The zero-order valence-electron chi connectivity index (χ0n) is 19.3. The number of aromatic nitrogens is 1. The molecule has 1 aromatic heterocycles. The van der Waals surface area contributed by atoms with E-state index in [1.807, 2.05) is 25.1 Å². The minimum atomic E-state index is -0.0944. The van der Waals surface area contributed by atoms with Crippen molar-refractivity contribution in [1.82, 2.24) is 9.88 Å². The molecule has 0 unspecified atom stereocenters. The summed E-state index contributed by atoms with van der Waals surface area (Å²) in [5, 5.41) is 0.686. The average molecular weight is 484 g/mol. The maximum atomic E-state index is 13.7. The van der Waals surface area contributed by atoms with Crippen molar-refractivity contribution in [3.63, 3.8) is 0 Å². The molecule has 2 aromatic carbocycles. The van der Waals surface area contributed by atoms with Crippen LogP contribution in [-0.4, -0.2) is 75.0 Å². The maximum absolute atomic E-state index is 13.7. The Balaban J connectivity index is 1.40. The normalized spacial score (nSPS) is 15.9. The SMILES string of the molecule is CCOc1ccc2nc(N(CCCN3CCOCC3)C(=O)c3ccc4c(c3)OCCO4)sc2c1. The van der Waals surface area contributed by atoms with Gasteiger partial charge in [0.1, 0.15) is 19.0 Å². The molecule has 0 N–H and O–H groups in total. The summed E-state index contributed by atoms with van der Waals surface area (Å²) in [4.78, 5) is 22.7. The van der Waals surface area contributed by atoms with Crippen molar-refractivity contribution in [1.29, 1.82) is 0 Å². The van der Waals surface area contributed by atoms with Crippen LogP contribution in [0, 0.1) is 0 Å². The van der Waals surface area contributed by atoms with Gasteiger partial charge in [0.05, 0.1) is 30.0 Å². The molecule has 2 aliphatic rings. The fourth-order valence-corrected chi connectivity index (χ4v) is 5.18. The topological polar surface area (TPSA) is 73.4 Å². The van der Waals surface area contributed by atoms with Crippen LogP contribution in [-0.2, 0) is 4.74 Å². The Kier molecular flexibility index (Phi) is 7.13. The van der Waals surface area contributed by atoms with Crippen LogP contribution in [0.4, 0.5) is 5.13 Å². The molecule has 3 aromatic rings. The van der Waals surface area contributed by atoms with Crippen molar-refractivity contribution in [3.8, 4) is 17.2 Å². The van der Waals surface area contributed by atoms with Gasteiger partial charge in [0, 0.05) is 31.7 Å². The van der Waals surface area contributed by atoms with Gasteiger partial charge in [0.25, 0.3) is 5.91 Å². The molecule has 0 saturated carbocycles. The molecule has 8 nitrogen and oxygen atoms in total. The number of hydrogen-bond acceptors (Lipinski definition) is 8. The molecular weight excluding hydrogens is 454 g/mol. The second kappa shape index (κ2) is 10.6. The Hall–Kier alpha value is -2.88. The first-order valence-corrected chi connectivity index (χ1v) is 12.6. The van der Waals surface area contributed by atoms with Crippen LogP contribution >= 0.6 is 11.3 Å². The quantitative estimate of drug-likeness (QED) is 0.482. The second-order valence-corrected chi connectivity index (χ2v) is 9.19. The Labute approximate surface area is 203 Å². The van der Waals surface area contributed by atoms with Crippen LogP contribution in [0.3, 0.4) is 0 Å². The molecule has 1 saturated heterocycles. The predicted octanol–water partition coefficient (Wildman–Crippen LogP) is 3.84. The largest absolute Gasteiger partial charge is 0.494 e. The van der Waals surface area contributed by atoms with Crippen LogP contribution in [0.5, 0.6) is 17.2 Å². The number of rotatable bonds is 8. The highest BCUT2D eigenvalue weighted by Gasteiger charge is 2.24. The number of thiazole rings is 1. The van der Waals surface area contributed by atoms with E-state index in [0.717, 1.165) is 55.2 Å². The minimum Gasteiger partial charge on any atom is -0.494 e. The first-order chi connectivity index (χ1) is 16.7. The minimum absolute atomic E-state index is 0.0944. The third-order valence-corrected chi connectivity index (χ3v) is 6.93. The summed E-state index contributed by atoms with van der Waals surface area (Å²) in [6.45, 7) is 8.43. The molecular formula is C25H29N3O5S. The van der Waals surface area contributed by atoms with E-state index < -0.39 is 0 Å². The molecule has 0 aliphatic carbocycles. The Bertz CT molecular complexity index is 1140. The number of morpholine rings is 1. The molecule has 9 heteroatoms. The van der Waals surface area contributed by atoms with Gasteiger partial charge >= 0.3 is 0 Å². The van der Waals surface area contributed by atoms with Gasteiger partial charge in [-0.15, -0.1) is 0 Å². The van der Waals surface area contributed by atoms with Crippen molar-refractivity contribution in [2.45, 2.75) is 13.3 Å². The number of fused-ring (bicyclic) bond motifs is 2. The van der Waals surface area contributed by atoms with Gasteiger partial charge in [-0.3, -0.25) is 14.6 Å². The molecule has 0 spiro atoms. The van der Waals surface area contributed by atoms with Gasteiger partial charge < -0.3 is 18.9 Å². The zero-order valence-corrected chi connectivity index (χ0v) is 20.1. The smallest absolute Gasteiger partial charge is 0.260 e. The Morgan fingerprint density at radius 1 is 1.09 bits per heavy atom. The highest BCUT2D eigenvalue weighted by atomic mass is 32.1. The monoisotopic (exact) mass is 483 g/mol. The van der Waals surface area contributed by atoms with Gasteiger partial charge in [-0.05, 0) is 49.7 Å². The number of carbonyl (C=O) groups is 1. The lowest BCUT2D eigenvalue weighted by atomic mass is 10.1. The number of benzene rings is 2. The fourth-order valence-electron chi connectivity index (χ4n) is 4.16. The summed E-state index contributed by atoms with van der Waals surface area (Å²) in [6, 6.07) is 11.2. The summed E-state index contributed by atoms with van der Waals surface area (Å²) in [5.74, 6) is 1.99. The molecule has 2 aliphatic heterocycles. The van der Waals surface area contributed by atoms with Crippen molar-refractivity contribution < 1.29 is 23.7 Å². The molecule has 1 amide bonds.